The van der Waals surface area contributed by atoms with Crippen LogP contribution in [0.1, 0.15) is 211 Å². The minimum Gasteiger partial charge on any atom is -0.462 e. The van der Waals surface area contributed by atoms with Crippen LogP contribution in [0.5, 0.6) is 0 Å². The Bertz CT molecular complexity index is 910. The molecule has 0 fully saturated rings. The second-order valence-corrected chi connectivity index (χ2v) is 14.8. The number of esters is 1. The number of aldehydes is 1. The Hall–Kier alpha value is -1.89. The highest BCUT2D eigenvalue weighted by atomic mass is 16.5. The molecule has 1 atom stereocenters. The number of carbonyl (C=O) groups excluding carboxylic acids is 2. The highest BCUT2D eigenvalue weighted by Gasteiger charge is 2.14. The molecule has 0 bridgehead atoms. The molecule has 49 heavy (non-hydrogen) atoms. The van der Waals surface area contributed by atoms with Crippen LogP contribution in [-0.2, 0) is 33.6 Å². The predicted octanol–water partition coefficient (Wildman–Crippen LogP) is 11.1. The molecule has 0 spiro atoms. The summed E-state index contributed by atoms with van der Waals surface area (Å²) in [5, 5.41) is 0. The molecule has 1 rings (SSSR count). The number of aromatic nitrogens is 3. The SMILES string of the molecule is CCCCCCCCC(CCCCCC)OC(=O)CCCCCCCCc1nc(CCCCCCCC=O)nc(CCCCCN(C)C)n1. The van der Waals surface area contributed by atoms with Crippen molar-refractivity contribution in [3.63, 3.8) is 0 Å². The zero-order valence-electron chi connectivity index (χ0n) is 32.8. The summed E-state index contributed by atoms with van der Waals surface area (Å²) in [7, 11) is 4.26. The lowest BCUT2D eigenvalue weighted by atomic mass is 10.0. The standard InChI is InChI=1S/C42H78N4O3/c1-5-7-9-11-16-23-31-38(30-22-10-8-6-2)49-42(48)35-27-19-13-12-17-24-32-39-43-40(33-25-18-14-15-20-29-37-47)45-41(44-39)34-26-21-28-36-46(3)4/h37-38H,5-36H2,1-4H3. The van der Waals surface area contributed by atoms with E-state index in [4.69, 9.17) is 19.7 Å². The van der Waals surface area contributed by atoms with Crippen LogP contribution in [-0.4, -0.2) is 58.9 Å². The van der Waals surface area contributed by atoms with Gasteiger partial charge in [0.15, 0.2) is 0 Å². The van der Waals surface area contributed by atoms with Crippen LogP contribution >= 0.6 is 0 Å². The number of unbranched alkanes of at least 4 members (excludes halogenated alkanes) is 20. The first-order chi connectivity index (χ1) is 24.0. The first kappa shape index (κ1) is 45.1. The van der Waals surface area contributed by atoms with E-state index in [-0.39, 0.29) is 12.1 Å². The van der Waals surface area contributed by atoms with Gasteiger partial charge in [0.25, 0.3) is 0 Å². The summed E-state index contributed by atoms with van der Waals surface area (Å²) in [5.74, 6) is 2.91. The summed E-state index contributed by atoms with van der Waals surface area (Å²) in [4.78, 5) is 40.1. The Morgan fingerprint density at radius 3 is 1.47 bits per heavy atom. The van der Waals surface area contributed by atoms with Crippen molar-refractivity contribution < 1.29 is 14.3 Å². The van der Waals surface area contributed by atoms with Crippen molar-refractivity contribution >= 4 is 12.3 Å². The average molecular weight is 687 g/mol. The van der Waals surface area contributed by atoms with Crippen molar-refractivity contribution in [2.45, 2.75) is 219 Å². The van der Waals surface area contributed by atoms with E-state index in [1.807, 2.05) is 0 Å². The molecule has 0 aliphatic rings. The van der Waals surface area contributed by atoms with E-state index in [0.29, 0.717) is 12.8 Å². The van der Waals surface area contributed by atoms with E-state index >= 15 is 0 Å². The summed E-state index contributed by atoms with van der Waals surface area (Å²) in [6, 6.07) is 0. The van der Waals surface area contributed by atoms with Crippen LogP contribution in [0.3, 0.4) is 0 Å². The fourth-order valence-corrected chi connectivity index (χ4v) is 6.50. The van der Waals surface area contributed by atoms with Crippen molar-refractivity contribution in [3.8, 4) is 0 Å². The molecule has 0 N–H and O–H groups in total. The van der Waals surface area contributed by atoms with Gasteiger partial charge in [-0.3, -0.25) is 4.79 Å². The van der Waals surface area contributed by atoms with E-state index in [9.17, 15) is 9.59 Å². The summed E-state index contributed by atoms with van der Waals surface area (Å²) in [5.41, 5.74) is 0. The number of rotatable bonds is 36. The van der Waals surface area contributed by atoms with Crippen LogP contribution in [0, 0.1) is 0 Å². The largest absolute Gasteiger partial charge is 0.462 e. The van der Waals surface area contributed by atoms with E-state index in [1.54, 1.807) is 0 Å². The average Bonchev–Trinajstić information content (AvgIpc) is 3.08. The van der Waals surface area contributed by atoms with E-state index in [1.165, 1.54) is 103 Å². The molecule has 0 amide bonds. The third-order valence-corrected chi connectivity index (χ3v) is 9.59. The van der Waals surface area contributed by atoms with Crippen molar-refractivity contribution in [2.24, 2.45) is 0 Å². The highest BCUT2D eigenvalue weighted by molar-refractivity contribution is 5.69. The molecule has 1 unspecified atom stereocenters. The molecule has 1 heterocycles. The Balaban J connectivity index is 2.38. The van der Waals surface area contributed by atoms with Gasteiger partial charge < -0.3 is 14.4 Å². The number of aryl methyl sites for hydroxylation is 3. The Kier molecular flexibility index (Phi) is 30.6. The highest BCUT2D eigenvalue weighted by Crippen LogP contribution is 2.18. The number of hydrogen-bond acceptors (Lipinski definition) is 7. The minimum absolute atomic E-state index is 0.0171. The third-order valence-electron chi connectivity index (χ3n) is 9.59. The molecule has 284 valence electrons. The number of hydrogen-bond donors (Lipinski definition) is 0. The van der Waals surface area contributed by atoms with Gasteiger partial charge >= 0.3 is 5.97 Å². The quantitative estimate of drug-likeness (QED) is 0.0394. The Morgan fingerprint density at radius 2 is 0.980 bits per heavy atom. The number of ether oxygens (including phenoxy) is 1. The summed E-state index contributed by atoms with van der Waals surface area (Å²) in [6.07, 6.45) is 35.6. The normalized spacial score (nSPS) is 12.1. The molecule has 7 nitrogen and oxygen atoms in total. The van der Waals surface area contributed by atoms with E-state index in [0.717, 1.165) is 114 Å². The maximum Gasteiger partial charge on any atom is 0.306 e. The van der Waals surface area contributed by atoms with Gasteiger partial charge in [-0.15, -0.1) is 0 Å². The summed E-state index contributed by atoms with van der Waals surface area (Å²) < 4.78 is 6.00. The molecule has 7 heteroatoms. The molecule has 0 aliphatic carbocycles. The van der Waals surface area contributed by atoms with E-state index < -0.39 is 0 Å². The lowest BCUT2D eigenvalue weighted by molar-refractivity contribution is -0.150. The second-order valence-electron chi connectivity index (χ2n) is 14.8. The molecule has 1 aromatic heterocycles. The van der Waals surface area contributed by atoms with Crippen molar-refractivity contribution in [1.82, 2.24) is 19.9 Å². The molecule has 0 aromatic carbocycles. The van der Waals surface area contributed by atoms with Gasteiger partial charge in [-0.25, -0.2) is 15.0 Å². The number of nitrogens with zero attached hydrogens (tertiary/aromatic N) is 4. The summed E-state index contributed by atoms with van der Waals surface area (Å²) in [6.45, 7) is 5.64. The smallest absolute Gasteiger partial charge is 0.306 e. The van der Waals surface area contributed by atoms with Gasteiger partial charge in [0.1, 0.15) is 29.9 Å². The Morgan fingerprint density at radius 1 is 0.571 bits per heavy atom. The van der Waals surface area contributed by atoms with E-state index in [2.05, 4.69) is 32.8 Å². The van der Waals surface area contributed by atoms with Gasteiger partial charge in [-0.05, 0) is 84.8 Å². The van der Waals surface area contributed by atoms with Crippen molar-refractivity contribution in [3.05, 3.63) is 17.5 Å². The minimum atomic E-state index is 0.0171. The fraction of sp³-hybridized carbons (Fsp3) is 0.881. The zero-order chi connectivity index (χ0) is 35.6. The first-order valence-electron chi connectivity index (χ1n) is 21.0. The predicted molar refractivity (Wildman–Crippen MR) is 206 cm³/mol. The number of carbonyl (C=O) groups is 2. The van der Waals surface area contributed by atoms with Gasteiger partial charge in [0, 0.05) is 32.1 Å². The van der Waals surface area contributed by atoms with Crippen LogP contribution in [0.15, 0.2) is 0 Å². The van der Waals surface area contributed by atoms with Gasteiger partial charge in [-0.1, -0.05) is 117 Å². The second kappa shape index (κ2) is 33.3. The lowest BCUT2D eigenvalue weighted by Gasteiger charge is -2.18. The molecule has 1 aromatic rings. The van der Waals surface area contributed by atoms with Crippen LogP contribution in [0.4, 0.5) is 0 Å². The zero-order valence-corrected chi connectivity index (χ0v) is 32.8. The molecule has 0 radical (unpaired) electrons. The molecular formula is C42H78N4O3. The molecule has 0 saturated heterocycles. The maximum absolute atomic E-state index is 12.7. The maximum atomic E-state index is 12.7. The van der Waals surface area contributed by atoms with Crippen LogP contribution in [0.2, 0.25) is 0 Å². The third kappa shape index (κ3) is 28.5. The van der Waals surface area contributed by atoms with Crippen LogP contribution in [0.25, 0.3) is 0 Å². The van der Waals surface area contributed by atoms with Gasteiger partial charge in [0.05, 0.1) is 0 Å². The monoisotopic (exact) mass is 687 g/mol. The topological polar surface area (TPSA) is 85.3 Å². The van der Waals surface area contributed by atoms with Crippen molar-refractivity contribution in [1.29, 1.82) is 0 Å². The summed E-state index contributed by atoms with van der Waals surface area (Å²) >= 11 is 0. The molecule has 0 aliphatic heterocycles. The lowest BCUT2D eigenvalue weighted by Crippen LogP contribution is -2.18. The van der Waals surface area contributed by atoms with Gasteiger partial charge in [0.2, 0.25) is 0 Å². The molecule has 0 saturated carbocycles. The fourth-order valence-electron chi connectivity index (χ4n) is 6.50. The van der Waals surface area contributed by atoms with Crippen molar-refractivity contribution in [2.75, 3.05) is 20.6 Å². The van der Waals surface area contributed by atoms with Crippen LogP contribution < -0.4 is 0 Å². The molecular weight excluding hydrogens is 608 g/mol. The van der Waals surface area contributed by atoms with Gasteiger partial charge in [-0.2, -0.15) is 0 Å². The first-order valence-corrected chi connectivity index (χ1v) is 21.0. The Labute approximate surface area is 303 Å².